The van der Waals surface area contributed by atoms with Gasteiger partial charge in [0, 0.05) is 18.5 Å². The molecule has 0 radical (unpaired) electrons. The average Bonchev–Trinajstić information content (AvgIpc) is 2.89. The van der Waals surface area contributed by atoms with Crippen molar-refractivity contribution in [1.82, 2.24) is 4.90 Å². The molecule has 1 aromatic carbocycles. The summed E-state index contributed by atoms with van der Waals surface area (Å²) in [5.41, 5.74) is 1.54. The van der Waals surface area contributed by atoms with Gasteiger partial charge in [-0.05, 0) is 31.1 Å². The summed E-state index contributed by atoms with van der Waals surface area (Å²) in [6.45, 7) is 2.15. The van der Waals surface area contributed by atoms with E-state index in [1.54, 1.807) is 19.3 Å². The molecule has 1 aromatic rings. The van der Waals surface area contributed by atoms with Crippen LogP contribution in [0.4, 0.5) is 0 Å². The highest BCUT2D eigenvalue weighted by molar-refractivity contribution is 8.26. The number of rotatable bonds is 8. The van der Waals surface area contributed by atoms with Crippen molar-refractivity contribution in [2.75, 3.05) is 27.9 Å². The third kappa shape index (κ3) is 4.54. The maximum atomic E-state index is 12.7. The van der Waals surface area contributed by atoms with Crippen LogP contribution in [0.15, 0.2) is 11.0 Å². The first-order valence-electron chi connectivity index (χ1n) is 8.10. The number of thiocarbonyl (C=S) groups is 1. The summed E-state index contributed by atoms with van der Waals surface area (Å²) in [7, 11) is 4.57. The molecule has 1 N–H and O–H groups in total. The van der Waals surface area contributed by atoms with Gasteiger partial charge in [-0.3, -0.25) is 14.5 Å². The van der Waals surface area contributed by atoms with Gasteiger partial charge in [-0.15, -0.1) is 0 Å². The Kier molecular flexibility index (Phi) is 7.09. The van der Waals surface area contributed by atoms with Crippen molar-refractivity contribution in [2.45, 2.75) is 19.8 Å². The van der Waals surface area contributed by atoms with Gasteiger partial charge in [-0.1, -0.05) is 24.0 Å². The molecule has 1 amide bonds. The summed E-state index contributed by atoms with van der Waals surface area (Å²) in [5, 5.41) is 8.76. The predicted octanol–water partition coefficient (Wildman–Crippen LogP) is 3.09. The zero-order chi connectivity index (χ0) is 20.1. The summed E-state index contributed by atoms with van der Waals surface area (Å²) < 4.78 is 16.6. The molecule has 1 saturated heterocycles. The molecule has 0 atom stereocenters. The number of aryl methyl sites for hydroxylation is 1. The lowest BCUT2D eigenvalue weighted by Crippen LogP contribution is -2.29. The van der Waals surface area contributed by atoms with Crippen LogP contribution in [0.3, 0.4) is 0 Å². The van der Waals surface area contributed by atoms with Gasteiger partial charge in [0.05, 0.1) is 26.2 Å². The van der Waals surface area contributed by atoms with Gasteiger partial charge in [0.1, 0.15) is 4.32 Å². The Balaban J connectivity index is 2.37. The lowest BCUT2D eigenvalue weighted by molar-refractivity contribution is -0.137. The minimum absolute atomic E-state index is 0.0152. The molecular weight excluding hydrogens is 390 g/mol. The zero-order valence-corrected chi connectivity index (χ0v) is 17.2. The molecule has 7 nitrogen and oxygen atoms in total. The van der Waals surface area contributed by atoms with Crippen LogP contribution >= 0.6 is 24.0 Å². The first kappa shape index (κ1) is 21.0. The number of carbonyl (C=O) groups excluding carboxylic acids is 1. The Bertz CT molecular complexity index is 806. The Morgan fingerprint density at radius 2 is 1.93 bits per heavy atom. The number of nitrogens with zero attached hydrogens (tertiary/aromatic N) is 1. The summed E-state index contributed by atoms with van der Waals surface area (Å²) in [6, 6.07) is 1.81. The maximum absolute atomic E-state index is 12.7. The second-order valence-electron chi connectivity index (χ2n) is 5.71. The molecule has 0 unspecified atom stereocenters. The number of carboxylic acids is 1. The molecule has 1 heterocycles. The molecule has 27 heavy (non-hydrogen) atoms. The number of carbonyl (C=O) groups is 2. The third-order valence-corrected chi connectivity index (χ3v) is 5.37. The SMILES string of the molecule is COc1cc(C)c(C=C2SC(=S)N(CCCC(=O)O)C2=O)c(OC)c1OC. The van der Waals surface area contributed by atoms with Crippen LogP contribution in [-0.2, 0) is 9.59 Å². The number of hydrogen-bond acceptors (Lipinski definition) is 7. The van der Waals surface area contributed by atoms with Gasteiger partial charge in [-0.25, -0.2) is 0 Å². The third-order valence-electron chi connectivity index (χ3n) is 4.00. The summed E-state index contributed by atoms with van der Waals surface area (Å²) >= 11 is 6.46. The largest absolute Gasteiger partial charge is 0.493 e. The Morgan fingerprint density at radius 3 is 2.48 bits per heavy atom. The smallest absolute Gasteiger partial charge is 0.303 e. The summed E-state index contributed by atoms with van der Waals surface area (Å²) in [6.07, 6.45) is 2.04. The average molecular weight is 412 g/mol. The van der Waals surface area contributed by atoms with E-state index in [4.69, 9.17) is 31.5 Å². The lowest BCUT2D eigenvalue weighted by atomic mass is 10.0. The normalized spacial score (nSPS) is 15.4. The molecule has 1 fully saturated rings. The minimum Gasteiger partial charge on any atom is -0.493 e. The van der Waals surface area contributed by atoms with Gasteiger partial charge in [0.25, 0.3) is 5.91 Å². The first-order valence-corrected chi connectivity index (χ1v) is 9.33. The van der Waals surface area contributed by atoms with Crippen LogP contribution in [-0.4, -0.2) is 54.1 Å². The van der Waals surface area contributed by atoms with E-state index in [-0.39, 0.29) is 18.9 Å². The molecular formula is C18H21NO6S2. The monoisotopic (exact) mass is 411 g/mol. The summed E-state index contributed by atoms with van der Waals surface area (Å²) in [4.78, 5) is 25.2. The number of thioether (sulfide) groups is 1. The second-order valence-corrected chi connectivity index (χ2v) is 7.38. The minimum atomic E-state index is -0.901. The standard InChI is InChI=1S/C18H21NO6S2/c1-10-8-12(23-2)16(25-4)15(24-3)11(10)9-13-17(22)19(18(26)27-13)7-5-6-14(20)21/h8-9H,5-7H2,1-4H3,(H,20,21). The van der Waals surface area contributed by atoms with E-state index < -0.39 is 5.97 Å². The number of benzene rings is 1. The van der Waals surface area contributed by atoms with Crippen LogP contribution in [0.2, 0.25) is 0 Å². The van der Waals surface area contributed by atoms with Crippen molar-refractivity contribution in [3.05, 3.63) is 22.1 Å². The first-order chi connectivity index (χ1) is 12.8. The molecule has 0 spiro atoms. The predicted molar refractivity (Wildman–Crippen MR) is 108 cm³/mol. The molecule has 2 rings (SSSR count). The van der Waals surface area contributed by atoms with Crippen molar-refractivity contribution in [3.63, 3.8) is 0 Å². The molecule has 0 aliphatic carbocycles. The Hall–Kier alpha value is -2.26. The van der Waals surface area contributed by atoms with Gasteiger partial charge >= 0.3 is 5.97 Å². The molecule has 0 bridgehead atoms. The fourth-order valence-electron chi connectivity index (χ4n) is 2.69. The highest BCUT2D eigenvalue weighted by atomic mass is 32.2. The van der Waals surface area contributed by atoms with Crippen molar-refractivity contribution >= 4 is 46.3 Å². The van der Waals surface area contributed by atoms with Crippen molar-refractivity contribution in [3.8, 4) is 17.2 Å². The van der Waals surface area contributed by atoms with E-state index in [0.29, 0.717) is 38.5 Å². The zero-order valence-electron chi connectivity index (χ0n) is 15.5. The topological polar surface area (TPSA) is 85.3 Å². The van der Waals surface area contributed by atoms with Crippen molar-refractivity contribution in [1.29, 1.82) is 0 Å². The number of amides is 1. The fourth-order valence-corrected chi connectivity index (χ4v) is 3.98. The Morgan fingerprint density at radius 1 is 1.26 bits per heavy atom. The van der Waals surface area contributed by atoms with Crippen LogP contribution in [0.25, 0.3) is 6.08 Å². The van der Waals surface area contributed by atoms with E-state index in [1.165, 1.54) is 30.9 Å². The fraction of sp³-hybridized carbons (Fsp3) is 0.389. The van der Waals surface area contributed by atoms with Gasteiger partial charge < -0.3 is 19.3 Å². The lowest BCUT2D eigenvalue weighted by Gasteiger charge is -2.17. The summed E-state index contributed by atoms with van der Waals surface area (Å²) in [5.74, 6) is 0.290. The highest BCUT2D eigenvalue weighted by Crippen LogP contribution is 2.44. The number of aliphatic carboxylic acids is 1. The van der Waals surface area contributed by atoms with Gasteiger partial charge in [-0.2, -0.15) is 0 Å². The molecule has 9 heteroatoms. The van der Waals surface area contributed by atoms with E-state index >= 15 is 0 Å². The van der Waals surface area contributed by atoms with E-state index in [1.807, 2.05) is 6.92 Å². The molecule has 1 aliphatic heterocycles. The van der Waals surface area contributed by atoms with Gasteiger partial charge in [0.2, 0.25) is 5.75 Å². The quantitative estimate of drug-likeness (QED) is 0.516. The molecule has 0 aromatic heterocycles. The van der Waals surface area contributed by atoms with E-state index in [2.05, 4.69) is 0 Å². The van der Waals surface area contributed by atoms with Crippen LogP contribution in [0.5, 0.6) is 17.2 Å². The van der Waals surface area contributed by atoms with Gasteiger partial charge in [0.15, 0.2) is 11.5 Å². The second kappa shape index (κ2) is 9.09. The number of carboxylic acid groups (broad SMARTS) is 1. The number of hydrogen-bond donors (Lipinski definition) is 1. The number of ether oxygens (including phenoxy) is 3. The number of methoxy groups -OCH3 is 3. The van der Waals surface area contributed by atoms with E-state index in [0.717, 1.165) is 5.56 Å². The molecule has 1 aliphatic rings. The molecule has 0 saturated carbocycles. The van der Waals surface area contributed by atoms with Crippen LogP contribution in [0, 0.1) is 6.92 Å². The molecule has 146 valence electrons. The van der Waals surface area contributed by atoms with Crippen molar-refractivity contribution < 1.29 is 28.9 Å². The van der Waals surface area contributed by atoms with Crippen molar-refractivity contribution in [2.24, 2.45) is 0 Å². The highest BCUT2D eigenvalue weighted by Gasteiger charge is 2.32. The van der Waals surface area contributed by atoms with Crippen LogP contribution < -0.4 is 14.2 Å². The Labute approximate surface area is 167 Å². The van der Waals surface area contributed by atoms with E-state index in [9.17, 15) is 9.59 Å². The maximum Gasteiger partial charge on any atom is 0.303 e. The van der Waals surface area contributed by atoms with Crippen LogP contribution in [0.1, 0.15) is 24.0 Å².